The van der Waals surface area contributed by atoms with Gasteiger partial charge in [-0.25, -0.2) is 4.57 Å². The number of aromatic nitrogens is 1. The molecule has 17 heavy (non-hydrogen) atoms. The van der Waals surface area contributed by atoms with Crippen molar-refractivity contribution in [1.82, 2.24) is 0 Å². The van der Waals surface area contributed by atoms with Gasteiger partial charge < -0.3 is 29.7 Å². The number of halogens is 1. The van der Waals surface area contributed by atoms with Crippen molar-refractivity contribution in [3.05, 3.63) is 42.2 Å². The van der Waals surface area contributed by atoms with Crippen LogP contribution in [0.4, 0.5) is 0 Å². The first kappa shape index (κ1) is 13.9. The first-order valence-corrected chi connectivity index (χ1v) is 5.33. The molecule has 0 aliphatic rings. The summed E-state index contributed by atoms with van der Waals surface area (Å²) in [5, 5.41) is 2.38. The first-order chi connectivity index (χ1) is 7.68. The molecule has 2 N–H and O–H groups in total. The highest BCUT2D eigenvalue weighted by Gasteiger charge is 2.12. The normalized spacial score (nSPS) is 9.94. The van der Waals surface area contributed by atoms with E-state index < -0.39 is 0 Å². The van der Waals surface area contributed by atoms with Crippen molar-refractivity contribution in [2.24, 2.45) is 12.8 Å². The number of carbonyl (C=O) groups is 1. The second-order valence-electron chi connectivity index (χ2n) is 3.93. The number of fused-ring (bicyclic) bond motifs is 1. The molecule has 4 heteroatoms. The fourth-order valence-corrected chi connectivity index (χ4v) is 1.93. The summed E-state index contributed by atoms with van der Waals surface area (Å²) < 4.78 is 2.05. The lowest BCUT2D eigenvalue weighted by Crippen LogP contribution is -3.00. The number of nitrogens with two attached hydrogens (primary N) is 1. The second kappa shape index (κ2) is 5.95. The monoisotopic (exact) mass is 342 g/mol. The Kier molecular flexibility index (Phi) is 4.86. The third-order valence-corrected chi connectivity index (χ3v) is 2.78. The van der Waals surface area contributed by atoms with Crippen molar-refractivity contribution in [2.75, 3.05) is 0 Å². The maximum absolute atomic E-state index is 10.8. The fraction of sp³-hybridized carbons (Fsp3) is 0.231. The molecule has 0 saturated heterocycles. The van der Waals surface area contributed by atoms with E-state index in [1.165, 1.54) is 10.8 Å². The molecule has 0 aliphatic heterocycles. The number of amides is 1. The topological polar surface area (TPSA) is 47.0 Å². The molecule has 90 valence electrons. The molecule has 1 heterocycles. The summed E-state index contributed by atoms with van der Waals surface area (Å²) in [6.07, 6.45) is 3.09. The molecule has 2 aromatic rings. The number of pyridine rings is 1. The SMILES string of the molecule is C[n+]1ccc2ccccc2c1CCC(N)=O.[I-]. The number of carbonyl (C=O) groups excluding carboxylic acids is 1. The summed E-state index contributed by atoms with van der Waals surface area (Å²) in [5.74, 6) is -0.257. The van der Waals surface area contributed by atoms with Gasteiger partial charge in [0, 0.05) is 24.3 Å². The minimum absolute atomic E-state index is 0. The van der Waals surface area contributed by atoms with Gasteiger partial charge in [0.2, 0.25) is 5.91 Å². The maximum Gasteiger partial charge on any atom is 0.217 e. The van der Waals surface area contributed by atoms with Crippen molar-refractivity contribution in [1.29, 1.82) is 0 Å². The van der Waals surface area contributed by atoms with Crippen LogP contribution >= 0.6 is 0 Å². The van der Waals surface area contributed by atoms with Gasteiger partial charge in [-0.05, 0) is 11.5 Å². The quantitative estimate of drug-likeness (QED) is 0.514. The van der Waals surface area contributed by atoms with Gasteiger partial charge in [-0.1, -0.05) is 18.2 Å². The van der Waals surface area contributed by atoms with Crippen molar-refractivity contribution in [3.63, 3.8) is 0 Å². The summed E-state index contributed by atoms with van der Waals surface area (Å²) >= 11 is 0. The van der Waals surface area contributed by atoms with Crippen LogP contribution < -0.4 is 34.3 Å². The largest absolute Gasteiger partial charge is 1.00 e. The predicted octanol–water partition coefficient (Wildman–Crippen LogP) is -1.91. The Labute approximate surface area is 118 Å². The molecule has 0 radical (unpaired) electrons. The van der Waals surface area contributed by atoms with E-state index in [0.29, 0.717) is 12.8 Å². The van der Waals surface area contributed by atoms with Crippen LogP contribution in [0.2, 0.25) is 0 Å². The minimum atomic E-state index is -0.257. The Bertz CT molecular complexity index is 540. The van der Waals surface area contributed by atoms with Crippen LogP contribution in [0.25, 0.3) is 10.8 Å². The molecular formula is C13H15IN2O. The Morgan fingerprint density at radius 1 is 1.29 bits per heavy atom. The standard InChI is InChI=1S/C13H14N2O.HI/c1-15-9-8-10-4-2-3-5-11(10)12(15)6-7-13(14)16;/h2-5,8-9H,6-7H2,1H3,(H-,14,16);1H. The molecule has 1 aromatic heterocycles. The number of hydrogen-bond donors (Lipinski definition) is 1. The van der Waals surface area contributed by atoms with Gasteiger partial charge in [-0.3, -0.25) is 4.79 Å². The Hall–Kier alpha value is -1.17. The third-order valence-electron chi connectivity index (χ3n) is 2.78. The molecule has 0 saturated carbocycles. The Morgan fingerprint density at radius 3 is 2.71 bits per heavy atom. The van der Waals surface area contributed by atoms with Gasteiger partial charge in [0.1, 0.15) is 7.05 Å². The number of nitrogens with zero attached hydrogens (tertiary/aromatic N) is 1. The average Bonchev–Trinajstić information content (AvgIpc) is 2.27. The van der Waals surface area contributed by atoms with Gasteiger partial charge in [0.05, 0.1) is 0 Å². The number of primary amides is 1. The minimum Gasteiger partial charge on any atom is -1.00 e. The van der Waals surface area contributed by atoms with Crippen molar-refractivity contribution >= 4 is 16.7 Å². The molecule has 2 rings (SSSR count). The van der Waals surface area contributed by atoms with E-state index in [1.54, 1.807) is 0 Å². The lowest BCUT2D eigenvalue weighted by atomic mass is 10.1. The van der Waals surface area contributed by atoms with E-state index in [9.17, 15) is 4.79 Å². The highest BCUT2D eigenvalue weighted by atomic mass is 127. The number of rotatable bonds is 3. The summed E-state index contributed by atoms with van der Waals surface area (Å²) in [4.78, 5) is 10.8. The van der Waals surface area contributed by atoms with Crippen molar-refractivity contribution in [3.8, 4) is 0 Å². The van der Waals surface area contributed by atoms with E-state index in [2.05, 4.69) is 18.2 Å². The summed E-state index contributed by atoms with van der Waals surface area (Å²) in [7, 11) is 1.99. The van der Waals surface area contributed by atoms with E-state index in [0.717, 1.165) is 5.69 Å². The van der Waals surface area contributed by atoms with Crippen molar-refractivity contribution < 1.29 is 33.3 Å². The molecule has 0 unspecified atom stereocenters. The molecule has 1 aromatic carbocycles. The third kappa shape index (κ3) is 3.15. The molecule has 1 amide bonds. The highest BCUT2D eigenvalue weighted by Crippen LogP contribution is 2.16. The predicted molar refractivity (Wildman–Crippen MR) is 62.6 cm³/mol. The Balaban J connectivity index is 0.00000144. The highest BCUT2D eigenvalue weighted by molar-refractivity contribution is 5.84. The zero-order valence-corrected chi connectivity index (χ0v) is 11.8. The van der Waals surface area contributed by atoms with Crippen LogP contribution in [-0.4, -0.2) is 5.91 Å². The molecule has 0 aliphatic carbocycles. The summed E-state index contributed by atoms with van der Waals surface area (Å²) in [5.41, 5.74) is 6.34. The fourth-order valence-electron chi connectivity index (χ4n) is 1.93. The number of hydrogen-bond acceptors (Lipinski definition) is 1. The Morgan fingerprint density at radius 2 is 2.00 bits per heavy atom. The smallest absolute Gasteiger partial charge is 0.217 e. The molecule has 3 nitrogen and oxygen atoms in total. The van der Waals surface area contributed by atoms with Crippen LogP contribution in [0, 0.1) is 0 Å². The van der Waals surface area contributed by atoms with Crippen LogP contribution in [0.5, 0.6) is 0 Å². The van der Waals surface area contributed by atoms with Crippen molar-refractivity contribution in [2.45, 2.75) is 12.8 Å². The van der Waals surface area contributed by atoms with Crippen LogP contribution in [-0.2, 0) is 18.3 Å². The summed E-state index contributed by atoms with van der Waals surface area (Å²) in [6, 6.07) is 10.2. The van der Waals surface area contributed by atoms with Crippen LogP contribution in [0.1, 0.15) is 12.1 Å². The van der Waals surface area contributed by atoms with E-state index in [-0.39, 0.29) is 29.9 Å². The summed E-state index contributed by atoms with van der Waals surface area (Å²) in [6.45, 7) is 0. The zero-order valence-electron chi connectivity index (χ0n) is 9.69. The number of benzene rings is 1. The van der Waals surface area contributed by atoms with Crippen LogP contribution in [0.3, 0.4) is 0 Å². The second-order valence-corrected chi connectivity index (χ2v) is 3.93. The molecule has 0 spiro atoms. The molecule has 0 fully saturated rings. The number of aryl methyl sites for hydroxylation is 2. The first-order valence-electron chi connectivity index (χ1n) is 5.33. The average molecular weight is 342 g/mol. The van der Waals surface area contributed by atoms with Crippen LogP contribution in [0.15, 0.2) is 36.5 Å². The maximum atomic E-state index is 10.8. The van der Waals surface area contributed by atoms with Gasteiger partial charge in [0.15, 0.2) is 11.9 Å². The van der Waals surface area contributed by atoms with Gasteiger partial charge in [-0.2, -0.15) is 0 Å². The van der Waals surface area contributed by atoms with E-state index in [1.807, 2.05) is 29.9 Å². The molecule has 0 bridgehead atoms. The lowest BCUT2D eigenvalue weighted by molar-refractivity contribution is -0.677. The van der Waals surface area contributed by atoms with Gasteiger partial charge >= 0.3 is 0 Å². The van der Waals surface area contributed by atoms with E-state index in [4.69, 9.17) is 5.73 Å². The molecule has 0 atom stereocenters. The molecular weight excluding hydrogens is 327 g/mol. The zero-order chi connectivity index (χ0) is 11.5. The van der Waals surface area contributed by atoms with E-state index >= 15 is 0 Å². The van der Waals surface area contributed by atoms with Gasteiger partial charge in [0.25, 0.3) is 0 Å². The van der Waals surface area contributed by atoms with Gasteiger partial charge in [-0.15, -0.1) is 0 Å². The lowest BCUT2D eigenvalue weighted by Gasteiger charge is -2.03.